The monoisotopic (exact) mass is 351 g/mol. The SMILES string of the molecule is CN(C)CCCCOc1ccccc1CCc1ccc(F)cc1.Cl. The molecular formula is C20H27ClFNO. The Morgan fingerprint density at radius 2 is 1.62 bits per heavy atom. The molecule has 0 saturated carbocycles. The largest absolute Gasteiger partial charge is 0.493 e. The maximum absolute atomic E-state index is 12.9. The maximum Gasteiger partial charge on any atom is 0.123 e. The van der Waals surface area contributed by atoms with Crippen LogP contribution in [0.1, 0.15) is 24.0 Å². The molecule has 24 heavy (non-hydrogen) atoms. The van der Waals surface area contributed by atoms with Crippen LogP contribution in [0, 0.1) is 5.82 Å². The highest BCUT2D eigenvalue weighted by atomic mass is 35.5. The summed E-state index contributed by atoms with van der Waals surface area (Å²) in [4.78, 5) is 2.19. The van der Waals surface area contributed by atoms with Gasteiger partial charge in [0.05, 0.1) is 6.61 Å². The van der Waals surface area contributed by atoms with Crippen LogP contribution in [0.2, 0.25) is 0 Å². The first kappa shape index (κ1) is 20.5. The molecule has 0 bridgehead atoms. The van der Waals surface area contributed by atoms with Crippen LogP contribution in [0.15, 0.2) is 48.5 Å². The summed E-state index contributed by atoms with van der Waals surface area (Å²) in [5.74, 6) is 0.787. The Labute approximate surface area is 151 Å². The third-order valence-corrected chi connectivity index (χ3v) is 3.83. The number of rotatable bonds is 9. The van der Waals surface area contributed by atoms with Gasteiger partial charge >= 0.3 is 0 Å². The molecule has 0 N–H and O–H groups in total. The number of hydrogen-bond donors (Lipinski definition) is 0. The molecule has 0 aromatic heterocycles. The van der Waals surface area contributed by atoms with Gasteiger partial charge in [-0.1, -0.05) is 30.3 Å². The van der Waals surface area contributed by atoms with E-state index in [-0.39, 0.29) is 18.2 Å². The highest BCUT2D eigenvalue weighted by Crippen LogP contribution is 2.20. The van der Waals surface area contributed by atoms with Crippen LogP contribution >= 0.6 is 12.4 Å². The van der Waals surface area contributed by atoms with Gasteiger partial charge in [0.1, 0.15) is 11.6 Å². The summed E-state index contributed by atoms with van der Waals surface area (Å²) in [6, 6.07) is 14.9. The third kappa shape index (κ3) is 7.33. The van der Waals surface area contributed by atoms with Crippen molar-refractivity contribution in [3.8, 4) is 5.75 Å². The molecule has 0 amide bonds. The topological polar surface area (TPSA) is 12.5 Å². The molecule has 0 aliphatic rings. The second kappa shape index (κ2) is 11.1. The minimum atomic E-state index is -0.185. The lowest BCUT2D eigenvalue weighted by Crippen LogP contribution is -2.13. The highest BCUT2D eigenvalue weighted by molar-refractivity contribution is 5.85. The normalized spacial score (nSPS) is 10.5. The number of para-hydroxylation sites is 1. The Morgan fingerprint density at radius 3 is 2.33 bits per heavy atom. The molecule has 0 fully saturated rings. The van der Waals surface area contributed by atoms with Crippen LogP contribution < -0.4 is 4.74 Å². The number of benzene rings is 2. The van der Waals surface area contributed by atoms with Crippen molar-refractivity contribution in [1.82, 2.24) is 4.90 Å². The summed E-state index contributed by atoms with van der Waals surface area (Å²) >= 11 is 0. The molecule has 132 valence electrons. The summed E-state index contributed by atoms with van der Waals surface area (Å²) in [7, 11) is 4.18. The summed E-state index contributed by atoms with van der Waals surface area (Å²) in [5.41, 5.74) is 2.36. The molecule has 4 heteroatoms. The van der Waals surface area contributed by atoms with Crippen LogP contribution in [-0.2, 0) is 12.8 Å². The minimum absolute atomic E-state index is 0. The fourth-order valence-corrected chi connectivity index (χ4v) is 2.49. The number of aryl methyl sites for hydroxylation is 2. The van der Waals surface area contributed by atoms with E-state index in [1.807, 2.05) is 30.3 Å². The molecule has 0 atom stereocenters. The van der Waals surface area contributed by atoms with E-state index in [1.54, 1.807) is 0 Å². The van der Waals surface area contributed by atoms with Gasteiger partial charge < -0.3 is 9.64 Å². The molecule has 2 rings (SSSR count). The lowest BCUT2D eigenvalue weighted by Gasteiger charge is -2.13. The number of unbranched alkanes of at least 4 members (excludes halogenated alkanes) is 1. The fraction of sp³-hybridized carbons (Fsp3) is 0.400. The van der Waals surface area contributed by atoms with Crippen molar-refractivity contribution in [3.05, 3.63) is 65.5 Å². The zero-order valence-electron chi connectivity index (χ0n) is 14.5. The molecule has 2 aromatic carbocycles. The number of hydrogen-bond acceptors (Lipinski definition) is 2. The van der Waals surface area contributed by atoms with Crippen molar-refractivity contribution in [2.75, 3.05) is 27.2 Å². The first-order chi connectivity index (χ1) is 11.1. The predicted molar refractivity (Wildman–Crippen MR) is 101 cm³/mol. The molecule has 0 aliphatic heterocycles. The Morgan fingerprint density at radius 1 is 0.917 bits per heavy atom. The van der Waals surface area contributed by atoms with E-state index in [1.165, 1.54) is 17.7 Å². The van der Waals surface area contributed by atoms with Crippen molar-refractivity contribution >= 4 is 12.4 Å². The number of halogens is 2. The average Bonchev–Trinajstić information content (AvgIpc) is 2.55. The van der Waals surface area contributed by atoms with Gasteiger partial charge in [-0.05, 0) is 75.6 Å². The van der Waals surface area contributed by atoms with Crippen LogP contribution in [0.5, 0.6) is 5.75 Å². The van der Waals surface area contributed by atoms with Crippen LogP contribution in [0.4, 0.5) is 4.39 Å². The molecule has 0 spiro atoms. The van der Waals surface area contributed by atoms with Gasteiger partial charge in [0.2, 0.25) is 0 Å². The molecule has 0 heterocycles. The fourth-order valence-electron chi connectivity index (χ4n) is 2.49. The Kier molecular flexibility index (Phi) is 9.43. The molecule has 2 nitrogen and oxygen atoms in total. The number of nitrogens with zero attached hydrogens (tertiary/aromatic N) is 1. The average molecular weight is 352 g/mol. The summed E-state index contributed by atoms with van der Waals surface area (Å²) in [6.07, 6.45) is 4.00. The van der Waals surface area contributed by atoms with E-state index in [2.05, 4.69) is 25.1 Å². The van der Waals surface area contributed by atoms with Gasteiger partial charge in [-0.2, -0.15) is 0 Å². The van der Waals surface area contributed by atoms with Crippen molar-refractivity contribution in [2.45, 2.75) is 25.7 Å². The van der Waals surface area contributed by atoms with Gasteiger partial charge in [0.25, 0.3) is 0 Å². The van der Waals surface area contributed by atoms with Gasteiger partial charge in [-0.15, -0.1) is 12.4 Å². The Hall–Kier alpha value is -1.58. The van der Waals surface area contributed by atoms with Crippen molar-refractivity contribution in [3.63, 3.8) is 0 Å². The van der Waals surface area contributed by atoms with E-state index in [0.717, 1.165) is 50.1 Å². The lowest BCUT2D eigenvalue weighted by molar-refractivity contribution is 0.290. The quantitative estimate of drug-likeness (QED) is 0.604. The molecular weight excluding hydrogens is 325 g/mol. The Bertz CT molecular complexity index is 586. The van der Waals surface area contributed by atoms with Crippen LogP contribution in [-0.4, -0.2) is 32.1 Å². The first-order valence-electron chi connectivity index (χ1n) is 8.25. The van der Waals surface area contributed by atoms with E-state index in [0.29, 0.717) is 0 Å². The van der Waals surface area contributed by atoms with Crippen molar-refractivity contribution in [2.24, 2.45) is 0 Å². The van der Waals surface area contributed by atoms with E-state index in [9.17, 15) is 4.39 Å². The lowest BCUT2D eigenvalue weighted by atomic mass is 10.0. The summed E-state index contributed by atoms with van der Waals surface area (Å²) in [6.45, 7) is 1.84. The van der Waals surface area contributed by atoms with E-state index in [4.69, 9.17) is 4.74 Å². The zero-order valence-corrected chi connectivity index (χ0v) is 15.3. The first-order valence-corrected chi connectivity index (χ1v) is 8.25. The number of ether oxygens (including phenoxy) is 1. The predicted octanol–water partition coefficient (Wildman–Crippen LogP) is 4.75. The summed E-state index contributed by atoms with van der Waals surface area (Å²) in [5, 5.41) is 0. The molecule has 0 saturated heterocycles. The zero-order chi connectivity index (χ0) is 16.5. The van der Waals surface area contributed by atoms with Crippen molar-refractivity contribution in [1.29, 1.82) is 0 Å². The highest BCUT2D eigenvalue weighted by Gasteiger charge is 2.04. The smallest absolute Gasteiger partial charge is 0.123 e. The second-order valence-corrected chi connectivity index (χ2v) is 6.09. The second-order valence-electron chi connectivity index (χ2n) is 6.09. The standard InChI is InChI=1S/C20H26FNO.ClH/c1-22(2)15-5-6-16-23-20-8-4-3-7-18(20)12-9-17-10-13-19(21)14-11-17;/h3-4,7-8,10-11,13-14H,5-6,9,12,15-16H2,1-2H3;1H. The molecule has 2 aromatic rings. The van der Waals surface area contributed by atoms with Crippen LogP contribution in [0.3, 0.4) is 0 Å². The van der Waals surface area contributed by atoms with E-state index < -0.39 is 0 Å². The van der Waals surface area contributed by atoms with Gasteiger partial charge in [0, 0.05) is 0 Å². The van der Waals surface area contributed by atoms with Gasteiger partial charge in [0.15, 0.2) is 0 Å². The minimum Gasteiger partial charge on any atom is -0.493 e. The molecule has 0 unspecified atom stereocenters. The summed E-state index contributed by atoms with van der Waals surface area (Å²) < 4.78 is 18.9. The van der Waals surface area contributed by atoms with Crippen LogP contribution in [0.25, 0.3) is 0 Å². The maximum atomic E-state index is 12.9. The Balaban J connectivity index is 0.00000288. The van der Waals surface area contributed by atoms with Gasteiger partial charge in [-0.3, -0.25) is 0 Å². The third-order valence-electron chi connectivity index (χ3n) is 3.83. The molecule has 0 aliphatic carbocycles. The van der Waals surface area contributed by atoms with Crippen molar-refractivity contribution < 1.29 is 9.13 Å². The molecule has 0 radical (unpaired) electrons. The van der Waals surface area contributed by atoms with Gasteiger partial charge in [-0.25, -0.2) is 4.39 Å². The van der Waals surface area contributed by atoms with E-state index >= 15 is 0 Å².